The molecule has 96 valence electrons. The number of aliphatic carboxylic acids is 1. The average Bonchev–Trinajstić information content (AvgIpc) is 2.73. The van der Waals surface area contributed by atoms with Gasteiger partial charge >= 0.3 is 5.97 Å². The van der Waals surface area contributed by atoms with Gasteiger partial charge in [-0.3, -0.25) is 14.6 Å². The standard InChI is InChI=1S/C13H16N2O3/c1-9-10(4-3-6-14-9)11(16)15-7-5-13(2,8-15)12(17)18/h3-4,6H,5,7-8H2,1-2H3,(H,17,18). The number of nitrogens with zero attached hydrogens (tertiary/aromatic N) is 2. The molecule has 0 aromatic carbocycles. The van der Waals surface area contributed by atoms with Crippen LogP contribution in [0.3, 0.4) is 0 Å². The number of carboxylic acids is 1. The summed E-state index contributed by atoms with van der Waals surface area (Å²) < 4.78 is 0. The number of carboxylic acid groups (broad SMARTS) is 1. The van der Waals surface area contributed by atoms with Crippen molar-refractivity contribution < 1.29 is 14.7 Å². The van der Waals surface area contributed by atoms with E-state index in [1.54, 1.807) is 37.1 Å². The van der Waals surface area contributed by atoms with Crippen LogP contribution in [0.15, 0.2) is 18.3 Å². The summed E-state index contributed by atoms with van der Waals surface area (Å²) in [6.45, 7) is 4.20. The smallest absolute Gasteiger partial charge is 0.311 e. The van der Waals surface area contributed by atoms with E-state index in [0.29, 0.717) is 24.2 Å². The maximum absolute atomic E-state index is 12.3. The Balaban J connectivity index is 2.18. The molecule has 1 fully saturated rings. The van der Waals surface area contributed by atoms with Gasteiger partial charge in [0.05, 0.1) is 11.0 Å². The number of carbonyl (C=O) groups is 2. The van der Waals surface area contributed by atoms with Crippen LogP contribution in [0.2, 0.25) is 0 Å². The molecular formula is C13H16N2O3. The number of carbonyl (C=O) groups excluding carboxylic acids is 1. The predicted molar refractivity (Wildman–Crippen MR) is 65.2 cm³/mol. The fourth-order valence-corrected chi connectivity index (χ4v) is 2.19. The van der Waals surface area contributed by atoms with E-state index in [2.05, 4.69) is 4.98 Å². The number of aromatic nitrogens is 1. The molecule has 0 radical (unpaired) electrons. The third-order valence-electron chi connectivity index (χ3n) is 3.51. The van der Waals surface area contributed by atoms with Crippen LogP contribution in [0.1, 0.15) is 29.4 Å². The number of likely N-dealkylation sites (tertiary alicyclic amines) is 1. The molecule has 1 atom stereocenters. The van der Waals surface area contributed by atoms with Crippen molar-refractivity contribution in [3.63, 3.8) is 0 Å². The minimum atomic E-state index is -0.847. The lowest BCUT2D eigenvalue weighted by Crippen LogP contribution is -2.35. The van der Waals surface area contributed by atoms with E-state index in [1.807, 2.05) is 0 Å². The molecule has 1 N–H and O–H groups in total. The molecule has 0 saturated carbocycles. The topological polar surface area (TPSA) is 70.5 Å². The second-order valence-corrected chi connectivity index (χ2v) is 4.98. The van der Waals surface area contributed by atoms with Gasteiger partial charge in [0.1, 0.15) is 0 Å². The van der Waals surface area contributed by atoms with Crippen molar-refractivity contribution in [1.82, 2.24) is 9.88 Å². The first-order valence-corrected chi connectivity index (χ1v) is 5.88. The van der Waals surface area contributed by atoms with E-state index in [1.165, 1.54) is 0 Å². The molecule has 2 rings (SSSR count). The summed E-state index contributed by atoms with van der Waals surface area (Å²) in [5.41, 5.74) is 0.393. The predicted octanol–water partition coefficient (Wildman–Crippen LogP) is 1.33. The maximum Gasteiger partial charge on any atom is 0.311 e. The summed E-state index contributed by atoms with van der Waals surface area (Å²) in [4.78, 5) is 29.1. The fourth-order valence-electron chi connectivity index (χ4n) is 2.19. The molecule has 0 bridgehead atoms. The van der Waals surface area contributed by atoms with E-state index in [-0.39, 0.29) is 12.5 Å². The highest BCUT2D eigenvalue weighted by atomic mass is 16.4. The van der Waals surface area contributed by atoms with Gasteiger partial charge in [-0.2, -0.15) is 0 Å². The highest BCUT2D eigenvalue weighted by Gasteiger charge is 2.42. The van der Waals surface area contributed by atoms with Gasteiger partial charge in [-0.05, 0) is 32.4 Å². The number of pyridine rings is 1. The molecule has 2 heterocycles. The summed E-state index contributed by atoms with van der Waals surface area (Å²) in [6, 6.07) is 3.44. The van der Waals surface area contributed by atoms with Crippen molar-refractivity contribution in [3.05, 3.63) is 29.6 Å². The van der Waals surface area contributed by atoms with Gasteiger partial charge in [-0.1, -0.05) is 0 Å². The molecule has 1 aliphatic rings. The van der Waals surface area contributed by atoms with Crippen molar-refractivity contribution in [2.75, 3.05) is 13.1 Å². The van der Waals surface area contributed by atoms with Crippen LogP contribution >= 0.6 is 0 Å². The van der Waals surface area contributed by atoms with E-state index in [9.17, 15) is 9.59 Å². The minimum absolute atomic E-state index is 0.134. The average molecular weight is 248 g/mol. The van der Waals surface area contributed by atoms with Crippen molar-refractivity contribution in [3.8, 4) is 0 Å². The maximum atomic E-state index is 12.3. The summed E-state index contributed by atoms with van der Waals surface area (Å²) in [6.07, 6.45) is 2.13. The van der Waals surface area contributed by atoms with Crippen molar-refractivity contribution in [1.29, 1.82) is 0 Å². The van der Waals surface area contributed by atoms with Crippen LogP contribution in [-0.2, 0) is 4.79 Å². The Morgan fingerprint density at radius 3 is 2.78 bits per heavy atom. The van der Waals surface area contributed by atoms with Crippen LogP contribution in [0.4, 0.5) is 0 Å². The first-order valence-electron chi connectivity index (χ1n) is 5.88. The van der Waals surface area contributed by atoms with Crippen molar-refractivity contribution >= 4 is 11.9 Å². The molecule has 1 unspecified atom stereocenters. The fraction of sp³-hybridized carbons (Fsp3) is 0.462. The van der Waals surface area contributed by atoms with Gasteiger partial charge in [0, 0.05) is 25.0 Å². The Labute approximate surface area is 105 Å². The van der Waals surface area contributed by atoms with Crippen LogP contribution in [0.5, 0.6) is 0 Å². The Bertz CT molecular complexity index is 501. The van der Waals surface area contributed by atoms with E-state index >= 15 is 0 Å². The molecule has 18 heavy (non-hydrogen) atoms. The van der Waals surface area contributed by atoms with Gasteiger partial charge in [0.25, 0.3) is 5.91 Å². The Morgan fingerprint density at radius 1 is 1.50 bits per heavy atom. The number of hydrogen-bond donors (Lipinski definition) is 1. The Kier molecular flexibility index (Phi) is 3.07. The van der Waals surface area contributed by atoms with Crippen LogP contribution in [0.25, 0.3) is 0 Å². The normalized spacial score (nSPS) is 23.1. The lowest BCUT2D eigenvalue weighted by atomic mass is 9.90. The molecule has 5 heteroatoms. The summed E-state index contributed by atoms with van der Waals surface area (Å²) in [5.74, 6) is -0.980. The number of hydrogen-bond acceptors (Lipinski definition) is 3. The molecule has 1 aromatic heterocycles. The van der Waals surface area contributed by atoms with Crippen LogP contribution in [-0.4, -0.2) is 40.0 Å². The molecule has 1 saturated heterocycles. The third kappa shape index (κ3) is 2.08. The zero-order chi connectivity index (χ0) is 13.3. The zero-order valence-electron chi connectivity index (χ0n) is 10.5. The second kappa shape index (κ2) is 4.40. The van der Waals surface area contributed by atoms with Crippen molar-refractivity contribution in [2.24, 2.45) is 5.41 Å². The lowest BCUT2D eigenvalue weighted by Gasteiger charge is -2.20. The van der Waals surface area contributed by atoms with E-state index < -0.39 is 11.4 Å². The van der Waals surface area contributed by atoms with E-state index in [0.717, 1.165) is 0 Å². The van der Waals surface area contributed by atoms with E-state index in [4.69, 9.17) is 5.11 Å². The first kappa shape index (κ1) is 12.5. The molecule has 0 aliphatic carbocycles. The Morgan fingerprint density at radius 2 is 2.22 bits per heavy atom. The molecular weight excluding hydrogens is 232 g/mol. The van der Waals surface area contributed by atoms with Gasteiger partial charge in [0.15, 0.2) is 0 Å². The number of aryl methyl sites for hydroxylation is 1. The third-order valence-corrected chi connectivity index (χ3v) is 3.51. The first-order chi connectivity index (χ1) is 8.44. The highest BCUT2D eigenvalue weighted by Crippen LogP contribution is 2.31. The van der Waals surface area contributed by atoms with Gasteiger partial charge in [-0.15, -0.1) is 0 Å². The van der Waals surface area contributed by atoms with Gasteiger partial charge in [0.2, 0.25) is 0 Å². The van der Waals surface area contributed by atoms with Gasteiger partial charge < -0.3 is 10.0 Å². The zero-order valence-corrected chi connectivity index (χ0v) is 10.5. The Hall–Kier alpha value is -1.91. The second-order valence-electron chi connectivity index (χ2n) is 4.98. The summed E-state index contributed by atoms with van der Waals surface area (Å²) in [5, 5.41) is 9.15. The summed E-state index contributed by atoms with van der Waals surface area (Å²) in [7, 11) is 0. The molecule has 5 nitrogen and oxygen atoms in total. The number of rotatable bonds is 2. The molecule has 0 spiro atoms. The molecule has 1 amide bonds. The van der Waals surface area contributed by atoms with Crippen molar-refractivity contribution in [2.45, 2.75) is 20.3 Å². The largest absolute Gasteiger partial charge is 0.481 e. The molecule has 1 aromatic rings. The van der Waals surface area contributed by atoms with Gasteiger partial charge in [-0.25, -0.2) is 0 Å². The highest BCUT2D eigenvalue weighted by molar-refractivity contribution is 5.95. The van der Waals surface area contributed by atoms with Crippen LogP contribution < -0.4 is 0 Å². The monoisotopic (exact) mass is 248 g/mol. The number of amides is 1. The quantitative estimate of drug-likeness (QED) is 0.857. The molecule has 1 aliphatic heterocycles. The minimum Gasteiger partial charge on any atom is -0.481 e. The lowest BCUT2D eigenvalue weighted by molar-refractivity contribution is -0.147. The summed E-state index contributed by atoms with van der Waals surface area (Å²) >= 11 is 0. The van der Waals surface area contributed by atoms with Crippen LogP contribution in [0, 0.1) is 12.3 Å². The SMILES string of the molecule is Cc1ncccc1C(=O)N1CCC(C)(C(=O)O)C1.